The summed E-state index contributed by atoms with van der Waals surface area (Å²) in [6.45, 7) is 3.77. The molecule has 2 saturated heterocycles. The van der Waals surface area contributed by atoms with Crippen LogP contribution in [-0.2, 0) is 11.3 Å². The Morgan fingerprint density at radius 3 is 2.95 bits per heavy atom. The van der Waals surface area contributed by atoms with E-state index in [2.05, 4.69) is 26.1 Å². The maximum atomic E-state index is 6.22. The molecule has 0 bridgehead atoms. The van der Waals surface area contributed by atoms with Gasteiger partial charge in [-0.25, -0.2) is 0 Å². The van der Waals surface area contributed by atoms with Gasteiger partial charge in [0.1, 0.15) is 6.10 Å². The highest BCUT2D eigenvalue weighted by molar-refractivity contribution is 5.05. The first-order valence-electron chi connectivity index (χ1n) is 7.89. The molecular weight excluding hydrogens is 280 g/mol. The van der Waals surface area contributed by atoms with Crippen LogP contribution in [0.5, 0.6) is 0 Å². The topological polar surface area (TPSA) is 64.3 Å². The third kappa shape index (κ3) is 2.64. The van der Waals surface area contributed by atoms with Crippen molar-refractivity contribution in [1.29, 1.82) is 0 Å². The van der Waals surface area contributed by atoms with Crippen molar-refractivity contribution in [2.45, 2.75) is 51.0 Å². The maximum Gasteiger partial charge on any atom is 0.245 e. The highest BCUT2D eigenvalue weighted by atomic mass is 16.5. The molecule has 2 aromatic heterocycles. The van der Waals surface area contributed by atoms with Crippen molar-refractivity contribution >= 4 is 0 Å². The summed E-state index contributed by atoms with van der Waals surface area (Å²) in [6.07, 6.45) is 5.16. The minimum absolute atomic E-state index is 0.0442. The van der Waals surface area contributed by atoms with Crippen LogP contribution in [0.15, 0.2) is 28.8 Å². The Balaban J connectivity index is 1.42. The van der Waals surface area contributed by atoms with E-state index in [0.717, 1.165) is 38.0 Å². The quantitative estimate of drug-likeness (QED) is 0.866. The summed E-state index contributed by atoms with van der Waals surface area (Å²) in [4.78, 5) is 6.92. The molecule has 0 radical (unpaired) electrons. The van der Waals surface area contributed by atoms with E-state index in [1.807, 2.05) is 25.3 Å². The van der Waals surface area contributed by atoms with Gasteiger partial charge in [-0.3, -0.25) is 9.88 Å². The van der Waals surface area contributed by atoms with Gasteiger partial charge in [0.15, 0.2) is 0 Å². The Bertz CT molecular complexity index is 630. The Morgan fingerprint density at radius 1 is 1.23 bits per heavy atom. The van der Waals surface area contributed by atoms with Crippen molar-refractivity contribution in [3.63, 3.8) is 0 Å². The largest absolute Gasteiger partial charge is 0.423 e. The lowest BCUT2D eigenvalue weighted by atomic mass is 9.99. The van der Waals surface area contributed by atoms with Gasteiger partial charge in [0.05, 0.1) is 11.8 Å². The summed E-state index contributed by atoms with van der Waals surface area (Å²) in [6, 6.07) is 6.56. The summed E-state index contributed by atoms with van der Waals surface area (Å²) < 4.78 is 11.7. The van der Waals surface area contributed by atoms with Crippen LogP contribution >= 0.6 is 0 Å². The standard InChI is InChI=1S/C16H20N4O2/c1-11-18-19-16(21-11)15-6-5-13-14(22-15)7-9-20(13)10-12-4-2-3-8-17-12/h2-4,8,13-15H,5-7,9-10H2,1H3/t13-,14-,15+/m1/s1. The second-order valence-corrected chi connectivity index (χ2v) is 6.05. The van der Waals surface area contributed by atoms with Gasteiger partial charge in [-0.2, -0.15) is 0 Å². The minimum atomic E-state index is -0.0442. The molecule has 2 aromatic rings. The van der Waals surface area contributed by atoms with E-state index in [0.29, 0.717) is 17.8 Å². The van der Waals surface area contributed by atoms with Crippen molar-refractivity contribution in [3.05, 3.63) is 41.9 Å². The first-order valence-corrected chi connectivity index (χ1v) is 7.89. The van der Waals surface area contributed by atoms with E-state index < -0.39 is 0 Å². The van der Waals surface area contributed by atoms with Crippen molar-refractivity contribution in [1.82, 2.24) is 20.1 Å². The summed E-state index contributed by atoms with van der Waals surface area (Å²) >= 11 is 0. The summed E-state index contributed by atoms with van der Waals surface area (Å²) in [5.41, 5.74) is 1.12. The van der Waals surface area contributed by atoms with Crippen molar-refractivity contribution in [2.24, 2.45) is 0 Å². The number of hydrogen-bond donors (Lipinski definition) is 0. The van der Waals surface area contributed by atoms with E-state index in [9.17, 15) is 0 Å². The number of nitrogens with zero attached hydrogens (tertiary/aromatic N) is 4. The maximum absolute atomic E-state index is 6.22. The van der Waals surface area contributed by atoms with Crippen molar-refractivity contribution in [2.75, 3.05) is 6.54 Å². The molecule has 22 heavy (non-hydrogen) atoms. The van der Waals surface area contributed by atoms with Gasteiger partial charge in [-0.15, -0.1) is 10.2 Å². The van der Waals surface area contributed by atoms with Crippen LogP contribution in [0.2, 0.25) is 0 Å². The zero-order chi connectivity index (χ0) is 14.9. The van der Waals surface area contributed by atoms with Crippen LogP contribution in [0.25, 0.3) is 0 Å². The number of pyridine rings is 1. The van der Waals surface area contributed by atoms with Crippen LogP contribution in [0, 0.1) is 6.92 Å². The van der Waals surface area contributed by atoms with Crippen LogP contribution in [0.1, 0.15) is 42.8 Å². The predicted molar refractivity (Wildman–Crippen MR) is 78.9 cm³/mol. The van der Waals surface area contributed by atoms with E-state index in [-0.39, 0.29) is 12.2 Å². The highest BCUT2D eigenvalue weighted by Gasteiger charge is 2.41. The van der Waals surface area contributed by atoms with E-state index >= 15 is 0 Å². The van der Waals surface area contributed by atoms with E-state index in [4.69, 9.17) is 9.15 Å². The van der Waals surface area contributed by atoms with Gasteiger partial charge in [0.2, 0.25) is 11.8 Å². The number of fused-ring (bicyclic) bond motifs is 1. The molecule has 0 spiro atoms. The lowest BCUT2D eigenvalue weighted by molar-refractivity contribution is -0.0819. The SMILES string of the molecule is Cc1nnc([C@@H]2CC[C@@H]3[C@@H](CCN3Cc3ccccn3)O2)o1. The molecule has 6 nitrogen and oxygen atoms in total. The molecule has 3 atom stereocenters. The van der Waals surface area contributed by atoms with Gasteiger partial charge in [0, 0.05) is 32.3 Å². The van der Waals surface area contributed by atoms with Gasteiger partial charge < -0.3 is 9.15 Å². The fourth-order valence-electron chi connectivity index (χ4n) is 3.53. The molecule has 0 saturated carbocycles. The average Bonchev–Trinajstić information content (AvgIpc) is 3.15. The van der Waals surface area contributed by atoms with Crippen LogP contribution in [-0.4, -0.2) is 38.8 Å². The number of aryl methyl sites for hydroxylation is 1. The first kappa shape index (κ1) is 13.8. The van der Waals surface area contributed by atoms with E-state index in [1.54, 1.807) is 0 Å². The van der Waals surface area contributed by atoms with Crippen molar-refractivity contribution in [3.8, 4) is 0 Å². The summed E-state index contributed by atoms with van der Waals surface area (Å²) in [5, 5.41) is 8.01. The fraction of sp³-hybridized carbons (Fsp3) is 0.562. The highest BCUT2D eigenvalue weighted by Crippen LogP contribution is 2.37. The molecular formula is C16H20N4O2. The van der Waals surface area contributed by atoms with Gasteiger partial charge >= 0.3 is 0 Å². The zero-order valence-electron chi connectivity index (χ0n) is 12.7. The second-order valence-electron chi connectivity index (χ2n) is 6.05. The number of likely N-dealkylation sites (tertiary alicyclic amines) is 1. The summed E-state index contributed by atoms with van der Waals surface area (Å²) in [7, 11) is 0. The van der Waals surface area contributed by atoms with Crippen LogP contribution < -0.4 is 0 Å². The molecule has 0 amide bonds. The Labute approximate surface area is 129 Å². The Kier molecular flexibility index (Phi) is 3.63. The van der Waals surface area contributed by atoms with Crippen LogP contribution in [0.4, 0.5) is 0 Å². The first-order chi connectivity index (χ1) is 10.8. The Morgan fingerprint density at radius 2 is 2.18 bits per heavy atom. The number of ether oxygens (including phenoxy) is 1. The van der Waals surface area contributed by atoms with Gasteiger partial charge in [0.25, 0.3) is 0 Å². The smallest absolute Gasteiger partial charge is 0.245 e. The molecule has 4 heterocycles. The van der Waals surface area contributed by atoms with E-state index in [1.165, 1.54) is 0 Å². The number of hydrogen-bond acceptors (Lipinski definition) is 6. The predicted octanol–water partition coefficient (Wildman–Crippen LogP) is 2.27. The molecule has 0 N–H and O–H groups in total. The van der Waals surface area contributed by atoms with Crippen molar-refractivity contribution < 1.29 is 9.15 Å². The molecule has 4 rings (SSSR count). The van der Waals surface area contributed by atoms with Gasteiger partial charge in [-0.05, 0) is 31.4 Å². The fourth-order valence-corrected chi connectivity index (χ4v) is 3.53. The minimum Gasteiger partial charge on any atom is -0.423 e. The molecule has 6 heteroatoms. The third-order valence-electron chi connectivity index (χ3n) is 4.57. The Hall–Kier alpha value is -1.79. The summed E-state index contributed by atoms with van der Waals surface area (Å²) in [5.74, 6) is 1.23. The molecule has 2 aliphatic heterocycles. The lowest BCUT2D eigenvalue weighted by Gasteiger charge is -2.34. The zero-order valence-corrected chi connectivity index (χ0v) is 12.7. The second kappa shape index (κ2) is 5.78. The molecule has 116 valence electrons. The molecule has 0 aliphatic carbocycles. The van der Waals surface area contributed by atoms with Crippen LogP contribution in [0.3, 0.4) is 0 Å². The molecule has 0 aromatic carbocycles. The molecule has 2 aliphatic rings. The lowest BCUT2D eigenvalue weighted by Crippen LogP contribution is -2.40. The van der Waals surface area contributed by atoms with Gasteiger partial charge in [-0.1, -0.05) is 6.07 Å². The third-order valence-corrected chi connectivity index (χ3v) is 4.57. The average molecular weight is 300 g/mol. The number of rotatable bonds is 3. The molecule has 2 fully saturated rings. The monoisotopic (exact) mass is 300 g/mol. The normalized spacial score (nSPS) is 28.7. The number of aromatic nitrogens is 3. The molecule has 0 unspecified atom stereocenters.